The Morgan fingerprint density at radius 1 is 1.21 bits per heavy atom. The fourth-order valence-corrected chi connectivity index (χ4v) is 2.86. The van der Waals surface area contributed by atoms with Gasteiger partial charge in [-0.25, -0.2) is 0 Å². The third kappa shape index (κ3) is 3.17. The molecule has 104 valence electrons. The van der Waals surface area contributed by atoms with E-state index in [0.717, 1.165) is 24.8 Å². The largest absolute Gasteiger partial charge is 0.462 e. The Morgan fingerprint density at radius 3 is 2.63 bits per heavy atom. The Kier molecular flexibility index (Phi) is 4.62. The molecule has 1 aromatic carbocycles. The van der Waals surface area contributed by atoms with Crippen molar-refractivity contribution in [1.82, 2.24) is 0 Å². The molecule has 1 fully saturated rings. The van der Waals surface area contributed by atoms with Gasteiger partial charge in [0.25, 0.3) is 0 Å². The first kappa shape index (κ1) is 14.1. The lowest BCUT2D eigenvalue weighted by atomic mass is 9.79. The molecule has 19 heavy (non-hydrogen) atoms. The minimum absolute atomic E-state index is 0.0563. The van der Waals surface area contributed by atoms with E-state index in [2.05, 4.69) is 6.92 Å². The summed E-state index contributed by atoms with van der Waals surface area (Å²) in [5.41, 5.74) is 0.632. The highest BCUT2D eigenvalue weighted by atomic mass is 16.6. The van der Waals surface area contributed by atoms with Crippen molar-refractivity contribution in [2.24, 2.45) is 0 Å². The number of cyclic esters (lactones) is 1. The van der Waals surface area contributed by atoms with Gasteiger partial charge in [-0.15, -0.1) is 0 Å². The van der Waals surface area contributed by atoms with Crippen LogP contribution in [0.15, 0.2) is 30.3 Å². The third-order valence-electron chi connectivity index (χ3n) is 4.15. The first-order chi connectivity index (χ1) is 9.16. The highest BCUT2D eigenvalue weighted by Gasteiger charge is 2.46. The molecule has 0 aliphatic carbocycles. The number of hydrogen-bond donors (Lipinski definition) is 0. The molecule has 2 nitrogen and oxygen atoms in total. The first-order valence-electron chi connectivity index (χ1n) is 7.43. The van der Waals surface area contributed by atoms with Gasteiger partial charge in [0.1, 0.15) is 6.10 Å². The van der Waals surface area contributed by atoms with E-state index in [9.17, 15) is 4.79 Å². The van der Waals surface area contributed by atoms with E-state index in [-0.39, 0.29) is 12.1 Å². The molecule has 1 aromatic rings. The summed E-state index contributed by atoms with van der Waals surface area (Å²) in [6.07, 6.45) is 6.86. The van der Waals surface area contributed by atoms with Gasteiger partial charge in [0.05, 0.1) is 5.41 Å². The number of ether oxygens (including phenoxy) is 1. The van der Waals surface area contributed by atoms with Gasteiger partial charge in [0.2, 0.25) is 0 Å². The molecule has 2 rings (SSSR count). The van der Waals surface area contributed by atoms with E-state index in [4.69, 9.17) is 4.74 Å². The molecule has 0 aromatic heterocycles. The molecule has 0 spiro atoms. The van der Waals surface area contributed by atoms with Gasteiger partial charge in [0, 0.05) is 6.42 Å². The fourth-order valence-electron chi connectivity index (χ4n) is 2.86. The van der Waals surface area contributed by atoms with Crippen molar-refractivity contribution >= 4 is 5.97 Å². The molecule has 2 unspecified atom stereocenters. The molecule has 2 heteroatoms. The molecular formula is C17H24O2. The van der Waals surface area contributed by atoms with E-state index < -0.39 is 5.41 Å². The monoisotopic (exact) mass is 260 g/mol. The predicted octanol–water partition coefficient (Wildman–Crippen LogP) is 4.23. The molecule has 0 bridgehead atoms. The van der Waals surface area contributed by atoms with Crippen LogP contribution in [0.25, 0.3) is 0 Å². The van der Waals surface area contributed by atoms with Crippen molar-refractivity contribution in [3.8, 4) is 0 Å². The van der Waals surface area contributed by atoms with Crippen molar-refractivity contribution in [3.05, 3.63) is 35.9 Å². The number of rotatable bonds is 6. The SMILES string of the molecule is CCCCCCC1CC(C)(c2ccccc2)C(=O)O1. The van der Waals surface area contributed by atoms with Crippen molar-refractivity contribution in [2.45, 2.75) is 63.9 Å². The zero-order valence-corrected chi connectivity index (χ0v) is 12.0. The Labute approximate surface area is 116 Å². The van der Waals surface area contributed by atoms with E-state index in [0.29, 0.717) is 0 Å². The van der Waals surface area contributed by atoms with Crippen LogP contribution in [0.3, 0.4) is 0 Å². The van der Waals surface area contributed by atoms with E-state index in [1.807, 2.05) is 37.3 Å². The Hall–Kier alpha value is -1.31. The van der Waals surface area contributed by atoms with E-state index in [1.165, 1.54) is 19.3 Å². The molecular weight excluding hydrogens is 236 g/mol. The lowest BCUT2D eigenvalue weighted by Crippen LogP contribution is -2.27. The van der Waals surface area contributed by atoms with Crippen molar-refractivity contribution in [1.29, 1.82) is 0 Å². The number of hydrogen-bond acceptors (Lipinski definition) is 2. The highest BCUT2D eigenvalue weighted by molar-refractivity contribution is 5.84. The van der Waals surface area contributed by atoms with Crippen LogP contribution in [-0.4, -0.2) is 12.1 Å². The average Bonchev–Trinajstić information content (AvgIpc) is 2.72. The molecule has 0 radical (unpaired) electrons. The minimum atomic E-state index is -0.448. The van der Waals surface area contributed by atoms with Gasteiger partial charge >= 0.3 is 5.97 Å². The summed E-state index contributed by atoms with van der Waals surface area (Å²) in [6, 6.07) is 10.0. The van der Waals surface area contributed by atoms with Crippen molar-refractivity contribution in [3.63, 3.8) is 0 Å². The molecule has 1 heterocycles. The Bertz CT molecular complexity index is 413. The van der Waals surface area contributed by atoms with E-state index in [1.54, 1.807) is 0 Å². The third-order valence-corrected chi connectivity index (χ3v) is 4.15. The number of carbonyl (C=O) groups excluding carboxylic acids is 1. The molecule has 0 saturated carbocycles. The minimum Gasteiger partial charge on any atom is -0.462 e. The normalized spacial score (nSPS) is 26.4. The second-order valence-corrected chi connectivity index (χ2v) is 5.78. The second-order valence-electron chi connectivity index (χ2n) is 5.78. The zero-order chi connectivity index (χ0) is 13.7. The van der Waals surface area contributed by atoms with Crippen LogP contribution in [0.5, 0.6) is 0 Å². The van der Waals surface area contributed by atoms with Crippen LogP contribution in [0, 0.1) is 0 Å². The van der Waals surface area contributed by atoms with Crippen molar-refractivity contribution in [2.75, 3.05) is 0 Å². The van der Waals surface area contributed by atoms with Gasteiger partial charge in [0.15, 0.2) is 0 Å². The predicted molar refractivity (Wildman–Crippen MR) is 77.1 cm³/mol. The van der Waals surface area contributed by atoms with Crippen LogP contribution < -0.4 is 0 Å². The maximum Gasteiger partial charge on any atom is 0.316 e. The quantitative estimate of drug-likeness (QED) is 0.565. The highest BCUT2D eigenvalue weighted by Crippen LogP contribution is 2.38. The standard InChI is InChI=1S/C17H24O2/c1-3-4-5-9-12-15-13-17(2,16(18)19-15)14-10-7-6-8-11-14/h6-8,10-11,15H,3-5,9,12-13H2,1-2H3. The fraction of sp³-hybridized carbons (Fsp3) is 0.588. The molecule has 0 N–H and O–H groups in total. The topological polar surface area (TPSA) is 26.3 Å². The Morgan fingerprint density at radius 2 is 1.95 bits per heavy atom. The van der Waals surface area contributed by atoms with Gasteiger partial charge in [-0.2, -0.15) is 0 Å². The summed E-state index contributed by atoms with van der Waals surface area (Å²) >= 11 is 0. The van der Waals surface area contributed by atoms with Gasteiger partial charge in [-0.1, -0.05) is 56.5 Å². The van der Waals surface area contributed by atoms with Crippen LogP contribution >= 0.6 is 0 Å². The van der Waals surface area contributed by atoms with Crippen LogP contribution in [0.4, 0.5) is 0 Å². The number of esters is 1. The first-order valence-corrected chi connectivity index (χ1v) is 7.43. The summed E-state index contributed by atoms with van der Waals surface area (Å²) in [7, 11) is 0. The van der Waals surface area contributed by atoms with Gasteiger partial charge in [-0.3, -0.25) is 4.79 Å². The molecule has 0 amide bonds. The van der Waals surface area contributed by atoms with Crippen LogP contribution in [-0.2, 0) is 14.9 Å². The summed E-state index contributed by atoms with van der Waals surface area (Å²) < 4.78 is 5.57. The molecule has 2 atom stereocenters. The maximum absolute atomic E-state index is 12.2. The lowest BCUT2D eigenvalue weighted by Gasteiger charge is -2.19. The summed E-state index contributed by atoms with van der Waals surface area (Å²) in [5.74, 6) is -0.0563. The van der Waals surface area contributed by atoms with Crippen molar-refractivity contribution < 1.29 is 9.53 Å². The zero-order valence-electron chi connectivity index (χ0n) is 12.0. The van der Waals surface area contributed by atoms with Crippen LogP contribution in [0.1, 0.15) is 57.9 Å². The summed E-state index contributed by atoms with van der Waals surface area (Å²) in [5, 5.41) is 0. The van der Waals surface area contributed by atoms with Gasteiger partial charge < -0.3 is 4.74 Å². The Balaban J connectivity index is 1.95. The number of benzene rings is 1. The summed E-state index contributed by atoms with van der Waals surface area (Å²) in [4.78, 5) is 12.2. The molecule has 1 aliphatic heterocycles. The van der Waals surface area contributed by atoms with E-state index >= 15 is 0 Å². The maximum atomic E-state index is 12.2. The molecule has 1 saturated heterocycles. The average molecular weight is 260 g/mol. The van der Waals surface area contributed by atoms with Crippen LogP contribution in [0.2, 0.25) is 0 Å². The summed E-state index contributed by atoms with van der Waals surface area (Å²) in [6.45, 7) is 4.22. The number of unbranched alkanes of at least 4 members (excludes halogenated alkanes) is 3. The smallest absolute Gasteiger partial charge is 0.316 e. The lowest BCUT2D eigenvalue weighted by molar-refractivity contribution is -0.145. The second kappa shape index (κ2) is 6.23. The van der Waals surface area contributed by atoms with Gasteiger partial charge in [-0.05, 0) is 25.3 Å². The number of carbonyl (C=O) groups is 1. The molecule has 1 aliphatic rings.